The molecule has 1 aliphatic heterocycles. The Hall–Kier alpha value is -1.10. The molecule has 2 heterocycles. The molecule has 1 aliphatic carbocycles. The molecule has 5 heteroatoms. The van der Waals surface area contributed by atoms with Gasteiger partial charge in [-0.05, 0) is 25.7 Å². The second-order valence-electron chi connectivity index (χ2n) is 5.73. The molecule has 0 aromatic carbocycles. The predicted molar refractivity (Wildman–Crippen MR) is 72.3 cm³/mol. The zero-order valence-corrected chi connectivity index (χ0v) is 11.7. The van der Waals surface area contributed by atoms with Gasteiger partial charge in [-0.25, -0.2) is 0 Å². The van der Waals surface area contributed by atoms with Crippen LogP contribution in [0.25, 0.3) is 0 Å². The standard InChI is InChI=1S/C14H23N3O2/c1-2-8-18-10-11-6-7-17(9-11)14-16-15-13(19-14)12-4-3-5-12/h11-12H,2-10H2,1H3/t11-/m0/s1. The van der Waals surface area contributed by atoms with Gasteiger partial charge in [0.1, 0.15) is 0 Å². The normalized spacial score (nSPS) is 23.8. The lowest BCUT2D eigenvalue weighted by atomic mass is 9.85. The topological polar surface area (TPSA) is 51.4 Å². The van der Waals surface area contributed by atoms with Crippen LogP contribution in [-0.2, 0) is 4.74 Å². The van der Waals surface area contributed by atoms with Gasteiger partial charge in [0.05, 0.1) is 6.61 Å². The molecule has 0 bridgehead atoms. The highest BCUT2D eigenvalue weighted by Gasteiger charge is 2.29. The van der Waals surface area contributed by atoms with Gasteiger partial charge in [0, 0.05) is 31.5 Å². The van der Waals surface area contributed by atoms with Crippen molar-refractivity contribution in [3.8, 4) is 0 Å². The van der Waals surface area contributed by atoms with E-state index < -0.39 is 0 Å². The Balaban J connectivity index is 1.51. The average molecular weight is 265 g/mol. The molecule has 0 spiro atoms. The zero-order chi connectivity index (χ0) is 13.1. The van der Waals surface area contributed by atoms with E-state index in [9.17, 15) is 0 Å². The smallest absolute Gasteiger partial charge is 0.318 e. The molecule has 0 unspecified atom stereocenters. The van der Waals surface area contributed by atoms with E-state index in [-0.39, 0.29) is 0 Å². The molecule has 19 heavy (non-hydrogen) atoms. The molecule has 5 nitrogen and oxygen atoms in total. The van der Waals surface area contributed by atoms with Gasteiger partial charge in [0.15, 0.2) is 0 Å². The lowest BCUT2D eigenvalue weighted by molar-refractivity contribution is 0.106. The molecular formula is C14H23N3O2. The maximum Gasteiger partial charge on any atom is 0.318 e. The summed E-state index contributed by atoms with van der Waals surface area (Å²) in [5, 5.41) is 8.39. The van der Waals surface area contributed by atoms with Gasteiger partial charge >= 0.3 is 6.01 Å². The first-order valence-corrected chi connectivity index (χ1v) is 7.53. The summed E-state index contributed by atoms with van der Waals surface area (Å²) in [4.78, 5) is 2.20. The fourth-order valence-electron chi connectivity index (χ4n) is 2.71. The average Bonchev–Trinajstić information content (AvgIpc) is 2.96. The monoisotopic (exact) mass is 265 g/mol. The minimum absolute atomic E-state index is 0.521. The lowest BCUT2D eigenvalue weighted by Crippen LogP contribution is -2.21. The first-order valence-electron chi connectivity index (χ1n) is 7.53. The molecule has 3 rings (SSSR count). The minimum atomic E-state index is 0.521. The summed E-state index contributed by atoms with van der Waals surface area (Å²) >= 11 is 0. The van der Waals surface area contributed by atoms with E-state index in [4.69, 9.17) is 9.15 Å². The lowest BCUT2D eigenvalue weighted by Gasteiger charge is -2.21. The third-order valence-electron chi connectivity index (χ3n) is 4.14. The Labute approximate surface area is 114 Å². The molecule has 1 saturated heterocycles. The van der Waals surface area contributed by atoms with Gasteiger partial charge in [0.25, 0.3) is 0 Å². The number of nitrogens with zero attached hydrogens (tertiary/aromatic N) is 3. The van der Waals surface area contributed by atoms with E-state index in [1.807, 2.05) is 0 Å². The van der Waals surface area contributed by atoms with Crippen molar-refractivity contribution in [1.29, 1.82) is 0 Å². The summed E-state index contributed by atoms with van der Waals surface area (Å²) in [7, 11) is 0. The highest BCUT2D eigenvalue weighted by atomic mass is 16.5. The molecule has 1 aromatic heterocycles. The van der Waals surface area contributed by atoms with Gasteiger partial charge in [-0.1, -0.05) is 18.4 Å². The Morgan fingerprint density at radius 3 is 2.95 bits per heavy atom. The van der Waals surface area contributed by atoms with E-state index in [0.29, 0.717) is 17.9 Å². The number of anilines is 1. The van der Waals surface area contributed by atoms with Crippen LogP contribution in [0.4, 0.5) is 6.01 Å². The Kier molecular flexibility index (Phi) is 4.01. The largest absolute Gasteiger partial charge is 0.408 e. The minimum Gasteiger partial charge on any atom is -0.408 e. The van der Waals surface area contributed by atoms with Crippen molar-refractivity contribution in [3.63, 3.8) is 0 Å². The van der Waals surface area contributed by atoms with Crippen molar-refractivity contribution < 1.29 is 9.15 Å². The third kappa shape index (κ3) is 2.91. The van der Waals surface area contributed by atoms with Crippen LogP contribution < -0.4 is 4.90 Å². The van der Waals surface area contributed by atoms with Gasteiger partial charge in [-0.2, -0.15) is 0 Å². The number of hydrogen-bond acceptors (Lipinski definition) is 5. The van der Waals surface area contributed by atoms with E-state index in [1.165, 1.54) is 19.3 Å². The predicted octanol–water partition coefficient (Wildman–Crippen LogP) is 2.59. The number of aromatic nitrogens is 2. The quantitative estimate of drug-likeness (QED) is 0.740. The summed E-state index contributed by atoms with van der Waals surface area (Å²) in [5.74, 6) is 1.96. The number of hydrogen-bond donors (Lipinski definition) is 0. The highest BCUT2D eigenvalue weighted by molar-refractivity contribution is 5.26. The van der Waals surface area contributed by atoms with E-state index in [0.717, 1.165) is 45.0 Å². The van der Waals surface area contributed by atoms with Crippen molar-refractivity contribution in [2.45, 2.75) is 44.9 Å². The number of ether oxygens (including phenoxy) is 1. The molecule has 0 radical (unpaired) electrons. The first kappa shape index (κ1) is 12.9. The van der Waals surface area contributed by atoms with Gasteiger partial charge in [-0.3, -0.25) is 0 Å². The van der Waals surface area contributed by atoms with Gasteiger partial charge in [-0.15, -0.1) is 5.10 Å². The Morgan fingerprint density at radius 2 is 2.21 bits per heavy atom. The van der Waals surface area contributed by atoms with Crippen LogP contribution in [0.5, 0.6) is 0 Å². The molecule has 0 amide bonds. The van der Waals surface area contributed by atoms with Crippen molar-refractivity contribution >= 4 is 6.01 Å². The number of rotatable bonds is 6. The van der Waals surface area contributed by atoms with E-state index >= 15 is 0 Å². The van der Waals surface area contributed by atoms with E-state index in [1.54, 1.807) is 0 Å². The molecule has 2 fully saturated rings. The molecule has 1 saturated carbocycles. The molecular weight excluding hydrogens is 242 g/mol. The molecule has 1 aromatic rings. The molecule has 2 aliphatic rings. The fourth-order valence-corrected chi connectivity index (χ4v) is 2.71. The van der Waals surface area contributed by atoms with Crippen LogP contribution in [-0.4, -0.2) is 36.5 Å². The van der Waals surface area contributed by atoms with Crippen molar-refractivity contribution in [2.24, 2.45) is 5.92 Å². The van der Waals surface area contributed by atoms with Crippen LogP contribution in [0.2, 0.25) is 0 Å². The second kappa shape index (κ2) is 5.90. The third-order valence-corrected chi connectivity index (χ3v) is 4.14. The summed E-state index contributed by atoms with van der Waals surface area (Å²) in [6, 6.07) is 0.708. The fraction of sp³-hybridized carbons (Fsp3) is 0.857. The molecule has 106 valence electrons. The van der Waals surface area contributed by atoms with E-state index in [2.05, 4.69) is 22.0 Å². The summed E-state index contributed by atoms with van der Waals surface area (Å²) in [6.07, 6.45) is 5.95. The maximum atomic E-state index is 5.81. The van der Waals surface area contributed by atoms with Crippen molar-refractivity contribution in [1.82, 2.24) is 10.2 Å². The van der Waals surface area contributed by atoms with Crippen LogP contribution in [0.15, 0.2) is 4.42 Å². The first-order chi connectivity index (χ1) is 9.36. The maximum absolute atomic E-state index is 5.81. The van der Waals surface area contributed by atoms with Crippen LogP contribution in [0.3, 0.4) is 0 Å². The Bertz CT molecular complexity index is 403. The van der Waals surface area contributed by atoms with Gasteiger partial charge < -0.3 is 14.1 Å². The molecule has 1 atom stereocenters. The zero-order valence-electron chi connectivity index (χ0n) is 11.7. The summed E-state index contributed by atoms with van der Waals surface area (Å²) in [5.41, 5.74) is 0. The van der Waals surface area contributed by atoms with Crippen LogP contribution >= 0.6 is 0 Å². The van der Waals surface area contributed by atoms with Crippen LogP contribution in [0, 0.1) is 5.92 Å². The van der Waals surface area contributed by atoms with Gasteiger partial charge in [0.2, 0.25) is 5.89 Å². The SMILES string of the molecule is CCCOC[C@H]1CCN(c2nnc(C3CCC3)o2)C1. The summed E-state index contributed by atoms with van der Waals surface area (Å²) in [6.45, 7) is 5.85. The summed E-state index contributed by atoms with van der Waals surface area (Å²) < 4.78 is 11.4. The highest BCUT2D eigenvalue weighted by Crippen LogP contribution is 2.36. The molecule has 0 N–H and O–H groups in total. The van der Waals surface area contributed by atoms with Crippen LogP contribution in [0.1, 0.15) is 50.8 Å². The van der Waals surface area contributed by atoms with Crippen molar-refractivity contribution in [2.75, 3.05) is 31.2 Å². The van der Waals surface area contributed by atoms with Crippen molar-refractivity contribution in [3.05, 3.63) is 5.89 Å². The second-order valence-corrected chi connectivity index (χ2v) is 5.73. The Morgan fingerprint density at radius 1 is 1.32 bits per heavy atom.